The molecule has 3 rings (SSSR count). The molecule has 2 bridgehead atoms. The maximum atomic E-state index is 12.8. The minimum absolute atomic E-state index is 0.182. The highest BCUT2D eigenvalue weighted by atomic mass is 16.5. The molecule has 4 nitrogen and oxygen atoms in total. The summed E-state index contributed by atoms with van der Waals surface area (Å²) in [6.07, 6.45) is 5.82. The number of benzene rings is 1. The number of ketones is 1. The minimum atomic E-state index is 0.182. The van der Waals surface area contributed by atoms with Crippen molar-refractivity contribution in [2.75, 3.05) is 27.4 Å². The number of carbonyl (C=O) groups excluding carboxylic acids is 1. The number of Topliss-reactive ketones (excluding diaryl/α,β-unsaturated/α-hetero) is 1. The summed E-state index contributed by atoms with van der Waals surface area (Å²) in [7, 11) is 3.88. The van der Waals surface area contributed by atoms with Gasteiger partial charge < -0.3 is 14.4 Å². The van der Waals surface area contributed by atoms with Crippen molar-refractivity contribution in [3.05, 3.63) is 29.8 Å². The lowest BCUT2D eigenvalue weighted by Crippen LogP contribution is -2.51. The summed E-state index contributed by atoms with van der Waals surface area (Å²) in [6, 6.07) is 8.76. The number of hydrogen-bond donors (Lipinski definition) is 0. The van der Waals surface area contributed by atoms with Crippen LogP contribution in [0.1, 0.15) is 42.5 Å². The largest absolute Gasteiger partial charge is 0.491 e. The molecular weight excluding hydrogens is 290 g/mol. The van der Waals surface area contributed by atoms with Crippen molar-refractivity contribution < 1.29 is 14.3 Å². The van der Waals surface area contributed by atoms with Crippen molar-refractivity contribution in [3.8, 4) is 5.75 Å². The second-order valence-electron chi connectivity index (χ2n) is 6.80. The van der Waals surface area contributed by atoms with Crippen LogP contribution in [0, 0.1) is 5.92 Å². The Labute approximate surface area is 138 Å². The molecule has 0 aliphatic carbocycles. The Morgan fingerprint density at radius 2 is 1.78 bits per heavy atom. The van der Waals surface area contributed by atoms with Crippen molar-refractivity contribution in [1.82, 2.24) is 4.90 Å². The monoisotopic (exact) mass is 317 g/mol. The van der Waals surface area contributed by atoms with Gasteiger partial charge in [0.05, 0.1) is 6.61 Å². The molecule has 2 fully saturated rings. The number of fused-ring (bicyclic) bond motifs is 2. The Kier molecular flexibility index (Phi) is 5.34. The van der Waals surface area contributed by atoms with Crippen LogP contribution in [0.3, 0.4) is 0 Å². The van der Waals surface area contributed by atoms with Crippen LogP contribution in [0.25, 0.3) is 0 Å². The Balaban J connectivity index is 1.61. The predicted octanol–water partition coefficient (Wildman–Crippen LogP) is 3.16. The van der Waals surface area contributed by atoms with Crippen molar-refractivity contribution >= 4 is 5.78 Å². The van der Waals surface area contributed by atoms with Crippen LogP contribution in [0.5, 0.6) is 5.75 Å². The molecule has 23 heavy (non-hydrogen) atoms. The SMILES string of the molecule is COCCOc1ccc(C(=O)C2CC3CCCC(C2)N3C)cc1. The van der Waals surface area contributed by atoms with E-state index in [1.54, 1.807) is 7.11 Å². The summed E-state index contributed by atoms with van der Waals surface area (Å²) >= 11 is 0. The highest BCUT2D eigenvalue weighted by molar-refractivity contribution is 5.98. The number of piperidine rings is 2. The first-order valence-electron chi connectivity index (χ1n) is 8.67. The maximum absolute atomic E-state index is 12.8. The highest BCUT2D eigenvalue weighted by Crippen LogP contribution is 2.37. The van der Waals surface area contributed by atoms with Gasteiger partial charge in [-0.2, -0.15) is 0 Å². The lowest BCUT2D eigenvalue weighted by molar-refractivity contribution is 0.0338. The van der Waals surface area contributed by atoms with Crippen molar-refractivity contribution in [2.45, 2.75) is 44.2 Å². The van der Waals surface area contributed by atoms with Crippen LogP contribution < -0.4 is 4.74 Å². The Morgan fingerprint density at radius 1 is 1.13 bits per heavy atom. The average molecular weight is 317 g/mol. The second kappa shape index (κ2) is 7.45. The van der Waals surface area contributed by atoms with Gasteiger partial charge in [0, 0.05) is 30.7 Å². The number of methoxy groups -OCH3 is 1. The van der Waals surface area contributed by atoms with Crippen LogP contribution in [-0.4, -0.2) is 50.1 Å². The molecule has 126 valence electrons. The maximum Gasteiger partial charge on any atom is 0.166 e. The summed E-state index contributed by atoms with van der Waals surface area (Å²) in [5.41, 5.74) is 0.816. The molecule has 4 heteroatoms. The van der Waals surface area contributed by atoms with Crippen LogP contribution in [-0.2, 0) is 4.74 Å². The molecule has 0 aromatic heterocycles. The predicted molar refractivity (Wildman–Crippen MR) is 90.1 cm³/mol. The number of nitrogens with zero attached hydrogens (tertiary/aromatic N) is 1. The third kappa shape index (κ3) is 3.75. The van der Waals surface area contributed by atoms with E-state index in [9.17, 15) is 4.79 Å². The minimum Gasteiger partial charge on any atom is -0.491 e. The van der Waals surface area contributed by atoms with Gasteiger partial charge >= 0.3 is 0 Å². The van der Waals surface area contributed by atoms with Gasteiger partial charge in [-0.1, -0.05) is 6.42 Å². The molecule has 2 unspecified atom stereocenters. The third-order valence-electron chi connectivity index (χ3n) is 5.41. The number of hydrogen-bond acceptors (Lipinski definition) is 4. The summed E-state index contributed by atoms with van der Waals surface area (Å²) < 4.78 is 10.5. The van der Waals surface area contributed by atoms with Crippen LogP contribution in [0.2, 0.25) is 0 Å². The van der Waals surface area contributed by atoms with Crippen LogP contribution in [0.4, 0.5) is 0 Å². The number of carbonyl (C=O) groups is 1. The lowest BCUT2D eigenvalue weighted by atomic mass is 9.76. The van der Waals surface area contributed by atoms with E-state index in [0.717, 1.165) is 24.2 Å². The topological polar surface area (TPSA) is 38.8 Å². The molecular formula is C19H27NO3. The molecule has 2 saturated heterocycles. The molecule has 0 radical (unpaired) electrons. The first-order chi connectivity index (χ1) is 11.2. The van der Waals surface area contributed by atoms with E-state index in [0.29, 0.717) is 31.1 Å². The summed E-state index contributed by atoms with van der Waals surface area (Å²) in [5.74, 6) is 1.28. The van der Waals surface area contributed by atoms with Gasteiger partial charge in [0.15, 0.2) is 5.78 Å². The number of ether oxygens (including phenoxy) is 2. The summed E-state index contributed by atoms with van der Waals surface area (Å²) in [6.45, 7) is 1.10. The van der Waals surface area contributed by atoms with E-state index in [2.05, 4.69) is 11.9 Å². The van der Waals surface area contributed by atoms with E-state index >= 15 is 0 Å². The van der Waals surface area contributed by atoms with Gasteiger partial charge in [-0.05, 0) is 57.0 Å². The third-order valence-corrected chi connectivity index (χ3v) is 5.41. The lowest BCUT2D eigenvalue weighted by Gasteiger charge is -2.46. The second-order valence-corrected chi connectivity index (χ2v) is 6.80. The Morgan fingerprint density at radius 3 is 2.39 bits per heavy atom. The van der Waals surface area contributed by atoms with E-state index in [1.165, 1.54) is 19.3 Å². The van der Waals surface area contributed by atoms with Crippen LogP contribution in [0.15, 0.2) is 24.3 Å². The first-order valence-corrected chi connectivity index (χ1v) is 8.67. The van der Waals surface area contributed by atoms with Gasteiger partial charge in [0.1, 0.15) is 12.4 Å². The highest BCUT2D eigenvalue weighted by Gasteiger charge is 2.38. The van der Waals surface area contributed by atoms with E-state index in [4.69, 9.17) is 9.47 Å². The standard InChI is InChI=1S/C19H27NO3/c1-20-16-4-3-5-17(20)13-15(12-16)19(21)14-6-8-18(9-7-14)23-11-10-22-2/h6-9,15-17H,3-5,10-13H2,1-2H3. The Bertz CT molecular complexity index is 514. The zero-order chi connectivity index (χ0) is 16.2. The van der Waals surface area contributed by atoms with Gasteiger partial charge in [-0.3, -0.25) is 4.79 Å². The van der Waals surface area contributed by atoms with Gasteiger partial charge in [-0.25, -0.2) is 0 Å². The Hall–Kier alpha value is -1.39. The van der Waals surface area contributed by atoms with Gasteiger partial charge in [0.25, 0.3) is 0 Å². The fourth-order valence-electron chi connectivity index (χ4n) is 4.02. The molecule has 1 aromatic carbocycles. The quantitative estimate of drug-likeness (QED) is 0.597. The zero-order valence-electron chi connectivity index (χ0n) is 14.2. The number of rotatable bonds is 6. The molecule has 1 aromatic rings. The molecule has 2 aliphatic heterocycles. The molecule has 2 heterocycles. The normalized spacial score (nSPS) is 27.7. The van der Waals surface area contributed by atoms with Gasteiger partial charge in [-0.15, -0.1) is 0 Å². The van der Waals surface area contributed by atoms with Crippen molar-refractivity contribution in [2.24, 2.45) is 5.92 Å². The first kappa shape index (κ1) is 16.5. The van der Waals surface area contributed by atoms with E-state index in [1.807, 2.05) is 24.3 Å². The fraction of sp³-hybridized carbons (Fsp3) is 0.632. The van der Waals surface area contributed by atoms with Gasteiger partial charge in [0.2, 0.25) is 0 Å². The van der Waals surface area contributed by atoms with E-state index < -0.39 is 0 Å². The van der Waals surface area contributed by atoms with Crippen LogP contribution >= 0.6 is 0 Å². The van der Waals surface area contributed by atoms with Crippen molar-refractivity contribution in [3.63, 3.8) is 0 Å². The molecule has 2 aliphatic rings. The molecule has 0 N–H and O–H groups in total. The van der Waals surface area contributed by atoms with Crippen molar-refractivity contribution in [1.29, 1.82) is 0 Å². The molecule has 0 spiro atoms. The molecule has 2 atom stereocenters. The fourth-order valence-corrected chi connectivity index (χ4v) is 4.02. The zero-order valence-corrected chi connectivity index (χ0v) is 14.2. The molecule has 0 amide bonds. The average Bonchev–Trinajstić information content (AvgIpc) is 2.55. The van der Waals surface area contributed by atoms with E-state index in [-0.39, 0.29) is 5.92 Å². The molecule has 0 saturated carbocycles. The summed E-state index contributed by atoms with van der Waals surface area (Å²) in [5, 5.41) is 0. The smallest absolute Gasteiger partial charge is 0.166 e. The summed E-state index contributed by atoms with van der Waals surface area (Å²) in [4.78, 5) is 15.3.